The van der Waals surface area contributed by atoms with Crippen molar-refractivity contribution >= 4 is 22.4 Å². The summed E-state index contributed by atoms with van der Waals surface area (Å²) in [4.78, 5) is 4.79. The molecule has 2 aromatic carbocycles. The fraction of sp³-hybridized carbons (Fsp3) is 0.345. The van der Waals surface area contributed by atoms with Crippen LogP contribution < -0.4 is 0 Å². The van der Waals surface area contributed by atoms with Crippen molar-refractivity contribution in [1.29, 1.82) is 0 Å². The average Bonchev–Trinajstić information content (AvgIpc) is 2.79. The first-order chi connectivity index (χ1) is 14.6. The van der Waals surface area contributed by atoms with Crippen LogP contribution in [0.25, 0.3) is 22.4 Å². The van der Waals surface area contributed by atoms with Crippen LogP contribution in [-0.2, 0) is 6.42 Å². The highest BCUT2D eigenvalue weighted by molar-refractivity contribution is 5.97. The minimum Gasteiger partial charge on any atom is -0.256 e. The molecular weight excluding hydrogens is 362 g/mol. The average molecular weight is 398 g/mol. The van der Waals surface area contributed by atoms with E-state index in [4.69, 9.17) is 4.98 Å². The lowest BCUT2D eigenvalue weighted by Crippen LogP contribution is -2.13. The molecule has 156 valence electrons. The molecule has 1 aromatic heterocycles. The summed E-state index contributed by atoms with van der Waals surface area (Å²) in [5.74, 6) is 1.37. The summed E-state index contributed by atoms with van der Waals surface area (Å²) in [6, 6.07) is 19.4. The molecule has 3 aromatic rings. The summed E-state index contributed by atoms with van der Waals surface area (Å²) < 4.78 is 0. The predicted octanol–water partition coefficient (Wildman–Crippen LogP) is 8.36. The number of hydrogen-bond acceptors (Lipinski definition) is 1. The highest BCUT2D eigenvalue weighted by atomic mass is 14.7. The smallest absolute Gasteiger partial charge is 0.0743 e. The number of rotatable bonds is 5. The Hall–Kier alpha value is -2.67. The first-order valence-corrected chi connectivity index (χ1v) is 11.4. The molecule has 0 saturated carbocycles. The minimum atomic E-state index is 0.482. The van der Waals surface area contributed by atoms with Gasteiger partial charge in [0.2, 0.25) is 0 Å². The third-order valence-electron chi connectivity index (χ3n) is 5.86. The van der Waals surface area contributed by atoms with Crippen molar-refractivity contribution in [1.82, 2.24) is 4.98 Å². The van der Waals surface area contributed by atoms with E-state index in [1.54, 1.807) is 0 Å². The zero-order valence-corrected chi connectivity index (χ0v) is 18.9. The predicted molar refractivity (Wildman–Crippen MR) is 132 cm³/mol. The Labute approximate surface area is 182 Å². The van der Waals surface area contributed by atoms with Crippen LogP contribution in [0.2, 0.25) is 0 Å². The van der Waals surface area contributed by atoms with Gasteiger partial charge in [0, 0.05) is 11.6 Å². The monoisotopic (exact) mass is 397 g/mol. The van der Waals surface area contributed by atoms with Crippen LogP contribution in [0.1, 0.15) is 63.8 Å². The zero-order chi connectivity index (χ0) is 21.3. The molecule has 0 fully saturated rings. The Bertz CT molecular complexity index is 1000. The summed E-state index contributed by atoms with van der Waals surface area (Å²) in [6.07, 6.45) is 13.5. The van der Waals surface area contributed by atoms with Crippen molar-refractivity contribution in [3.63, 3.8) is 0 Å². The van der Waals surface area contributed by atoms with Gasteiger partial charge in [-0.25, -0.2) is 0 Å². The van der Waals surface area contributed by atoms with Crippen LogP contribution in [0.5, 0.6) is 0 Å². The molecule has 0 radical (unpaired) electrons. The van der Waals surface area contributed by atoms with Crippen LogP contribution in [-0.4, -0.2) is 4.98 Å². The van der Waals surface area contributed by atoms with E-state index >= 15 is 0 Å². The number of pyridine rings is 1. The molecule has 0 saturated heterocycles. The van der Waals surface area contributed by atoms with Crippen LogP contribution in [0, 0.1) is 11.8 Å². The fourth-order valence-electron chi connectivity index (χ4n) is 3.77. The number of hydrogen-bond donors (Lipinski definition) is 0. The second-order valence-electron chi connectivity index (χ2n) is 8.50. The fourth-order valence-corrected chi connectivity index (χ4v) is 3.77. The van der Waals surface area contributed by atoms with Gasteiger partial charge in [-0.1, -0.05) is 94.8 Å². The first-order valence-electron chi connectivity index (χ1n) is 11.4. The lowest BCUT2D eigenvalue weighted by molar-refractivity contribution is 0.626. The highest BCUT2D eigenvalue weighted by Gasteiger charge is 2.23. The molecule has 1 heteroatoms. The maximum absolute atomic E-state index is 4.79. The van der Waals surface area contributed by atoms with Crippen molar-refractivity contribution in [2.75, 3.05) is 0 Å². The number of nitrogens with zero attached hydrogens (tertiary/aromatic N) is 1. The molecular formula is C29H35N. The third kappa shape index (κ3) is 5.48. The van der Waals surface area contributed by atoms with Gasteiger partial charge < -0.3 is 0 Å². The quantitative estimate of drug-likeness (QED) is 0.394. The summed E-state index contributed by atoms with van der Waals surface area (Å²) >= 11 is 0. The number of aromatic nitrogens is 1. The Balaban J connectivity index is 0.000000461. The largest absolute Gasteiger partial charge is 0.256 e. The minimum absolute atomic E-state index is 0.482. The Morgan fingerprint density at radius 3 is 2.47 bits per heavy atom. The standard InChI is InChI=1S/C24H23N.C5H12/c1-2-3-4-12-21-16-19-10-5-6-11-20(19)17-23(21)24-22-13-8-7-9-18(22)14-15-25-24;1-4-5(2)3/h3-11,13-15,17,21H,2,12,16H2,1H3;5H,4H2,1-3H3. The van der Waals surface area contributed by atoms with Crippen molar-refractivity contribution in [3.8, 4) is 0 Å². The van der Waals surface area contributed by atoms with Gasteiger partial charge in [0.15, 0.2) is 0 Å². The third-order valence-corrected chi connectivity index (χ3v) is 5.86. The van der Waals surface area contributed by atoms with E-state index in [0.717, 1.165) is 30.9 Å². The molecule has 0 N–H and O–H groups in total. The SMILES string of the molecule is CCC(C)C.CCC=CCC1Cc2ccccc2C=C1c1nccc2ccccc12. The Kier molecular flexibility index (Phi) is 8.02. The maximum atomic E-state index is 4.79. The van der Waals surface area contributed by atoms with Crippen molar-refractivity contribution in [3.05, 3.63) is 89.8 Å². The molecule has 1 heterocycles. The molecule has 1 aliphatic carbocycles. The summed E-state index contributed by atoms with van der Waals surface area (Å²) in [7, 11) is 0. The first kappa shape index (κ1) is 22.0. The zero-order valence-electron chi connectivity index (χ0n) is 18.9. The highest BCUT2D eigenvalue weighted by Crippen LogP contribution is 2.38. The van der Waals surface area contributed by atoms with Crippen molar-refractivity contribution < 1.29 is 0 Å². The molecule has 30 heavy (non-hydrogen) atoms. The van der Waals surface area contributed by atoms with Gasteiger partial charge in [-0.3, -0.25) is 4.98 Å². The van der Waals surface area contributed by atoms with Gasteiger partial charge in [0.1, 0.15) is 0 Å². The van der Waals surface area contributed by atoms with E-state index in [2.05, 4.69) is 101 Å². The van der Waals surface area contributed by atoms with Crippen LogP contribution in [0.15, 0.2) is 72.9 Å². The molecule has 4 rings (SSSR count). The second-order valence-corrected chi connectivity index (χ2v) is 8.50. The summed E-state index contributed by atoms with van der Waals surface area (Å²) in [5, 5.41) is 2.51. The Morgan fingerprint density at radius 2 is 1.70 bits per heavy atom. The maximum Gasteiger partial charge on any atom is 0.0743 e. The number of benzene rings is 2. The lowest BCUT2D eigenvalue weighted by atomic mass is 9.79. The van der Waals surface area contributed by atoms with E-state index in [1.165, 1.54) is 33.9 Å². The molecule has 1 aliphatic rings. The summed E-state index contributed by atoms with van der Waals surface area (Å²) in [6.45, 7) is 8.83. The van der Waals surface area contributed by atoms with Gasteiger partial charge in [-0.05, 0) is 65.3 Å². The summed E-state index contributed by atoms with van der Waals surface area (Å²) in [5.41, 5.74) is 5.29. The van der Waals surface area contributed by atoms with Crippen LogP contribution in [0.3, 0.4) is 0 Å². The van der Waals surface area contributed by atoms with E-state index < -0.39 is 0 Å². The van der Waals surface area contributed by atoms with Gasteiger partial charge in [0.05, 0.1) is 5.69 Å². The van der Waals surface area contributed by atoms with Crippen molar-refractivity contribution in [2.24, 2.45) is 11.8 Å². The molecule has 0 bridgehead atoms. The van der Waals surface area contributed by atoms with Crippen molar-refractivity contribution in [2.45, 2.75) is 53.4 Å². The molecule has 0 amide bonds. The van der Waals surface area contributed by atoms with E-state index in [9.17, 15) is 0 Å². The molecule has 1 atom stereocenters. The van der Waals surface area contributed by atoms with E-state index in [0.29, 0.717) is 5.92 Å². The van der Waals surface area contributed by atoms with Gasteiger partial charge in [0.25, 0.3) is 0 Å². The van der Waals surface area contributed by atoms with Gasteiger partial charge >= 0.3 is 0 Å². The normalized spacial score (nSPS) is 15.6. The molecule has 1 nitrogen and oxygen atoms in total. The molecule has 1 unspecified atom stereocenters. The van der Waals surface area contributed by atoms with Crippen LogP contribution >= 0.6 is 0 Å². The number of fused-ring (bicyclic) bond motifs is 2. The van der Waals surface area contributed by atoms with Crippen LogP contribution in [0.4, 0.5) is 0 Å². The van der Waals surface area contributed by atoms with Gasteiger partial charge in [-0.2, -0.15) is 0 Å². The van der Waals surface area contributed by atoms with E-state index in [-0.39, 0.29) is 0 Å². The lowest BCUT2D eigenvalue weighted by Gasteiger charge is -2.26. The second kappa shape index (κ2) is 10.9. The number of allylic oxidation sites excluding steroid dienone is 3. The molecule has 0 spiro atoms. The molecule has 0 aliphatic heterocycles. The Morgan fingerprint density at radius 1 is 0.967 bits per heavy atom. The van der Waals surface area contributed by atoms with Gasteiger partial charge in [-0.15, -0.1) is 0 Å². The topological polar surface area (TPSA) is 12.9 Å². The van der Waals surface area contributed by atoms with E-state index in [1.807, 2.05) is 6.20 Å².